The number of H-pyrrole nitrogens is 1. The number of fused-ring (bicyclic) bond motifs is 1. The van der Waals surface area contributed by atoms with Crippen molar-refractivity contribution in [1.82, 2.24) is 24.9 Å². The molecule has 3 heterocycles. The van der Waals surface area contributed by atoms with Gasteiger partial charge >= 0.3 is 0 Å². The van der Waals surface area contributed by atoms with Crippen LogP contribution in [0.4, 0.5) is 0 Å². The molecule has 1 aromatic carbocycles. The van der Waals surface area contributed by atoms with Gasteiger partial charge in [-0.15, -0.1) is 0 Å². The lowest BCUT2D eigenvalue weighted by atomic mass is 10.2. The first-order chi connectivity index (χ1) is 11.7. The predicted octanol–water partition coefficient (Wildman–Crippen LogP) is 2.19. The van der Waals surface area contributed by atoms with Crippen LogP contribution in [-0.2, 0) is 12.8 Å². The molecule has 0 amide bonds. The van der Waals surface area contributed by atoms with Crippen LogP contribution in [-0.4, -0.2) is 24.9 Å². The number of hydrogen-bond donors (Lipinski definition) is 1. The fourth-order valence-electron chi connectivity index (χ4n) is 2.75. The Labute approximate surface area is 136 Å². The van der Waals surface area contributed by atoms with E-state index in [1.165, 1.54) is 6.07 Å². The van der Waals surface area contributed by atoms with Crippen molar-refractivity contribution in [1.29, 1.82) is 0 Å². The van der Waals surface area contributed by atoms with Crippen LogP contribution in [0.3, 0.4) is 0 Å². The van der Waals surface area contributed by atoms with Crippen molar-refractivity contribution in [3.8, 4) is 5.69 Å². The lowest BCUT2D eigenvalue weighted by Crippen LogP contribution is -2.06. The molecule has 0 bridgehead atoms. The molecule has 1 N–H and O–H groups in total. The normalized spacial score (nSPS) is 11.2. The van der Waals surface area contributed by atoms with Gasteiger partial charge in [-0.05, 0) is 19.1 Å². The summed E-state index contributed by atoms with van der Waals surface area (Å²) >= 11 is 0. The van der Waals surface area contributed by atoms with Crippen LogP contribution >= 0.6 is 0 Å². The van der Waals surface area contributed by atoms with Crippen molar-refractivity contribution in [3.05, 3.63) is 70.4 Å². The second-order valence-corrected chi connectivity index (χ2v) is 5.52. The highest BCUT2D eigenvalue weighted by molar-refractivity contribution is 5.86. The molecule has 0 atom stereocenters. The summed E-state index contributed by atoms with van der Waals surface area (Å²) in [6.45, 7) is 1.86. The molecule has 24 heavy (non-hydrogen) atoms. The van der Waals surface area contributed by atoms with Crippen LogP contribution < -0.4 is 5.56 Å². The molecule has 120 valence electrons. The number of hydrogen-bond acceptors (Lipinski definition) is 5. The minimum atomic E-state index is -0.235. The van der Waals surface area contributed by atoms with Crippen LogP contribution in [0.15, 0.2) is 51.9 Å². The number of para-hydroxylation sites is 1. The number of aromatic amines is 1. The number of pyridine rings is 1. The molecule has 7 nitrogen and oxygen atoms in total. The summed E-state index contributed by atoms with van der Waals surface area (Å²) in [5.74, 6) is 2.09. The Morgan fingerprint density at radius 1 is 1.21 bits per heavy atom. The van der Waals surface area contributed by atoms with Gasteiger partial charge in [-0.25, -0.2) is 9.67 Å². The van der Waals surface area contributed by atoms with Crippen LogP contribution in [0.25, 0.3) is 16.6 Å². The number of rotatable bonds is 4. The first-order valence-corrected chi connectivity index (χ1v) is 7.65. The Kier molecular flexibility index (Phi) is 3.45. The van der Waals surface area contributed by atoms with Gasteiger partial charge in [0.2, 0.25) is 0 Å². The minimum absolute atomic E-state index is 0.235. The molecule has 0 aliphatic rings. The van der Waals surface area contributed by atoms with Crippen LogP contribution in [0.2, 0.25) is 0 Å². The van der Waals surface area contributed by atoms with E-state index < -0.39 is 0 Å². The molecule has 7 heteroatoms. The zero-order valence-electron chi connectivity index (χ0n) is 13.1. The van der Waals surface area contributed by atoms with Gasteiger partial charge in [-0.1, -0.05) is 18.2 Å². The van der Waals surface area contributed by atoms with Crippen LogP contribution in [0.5, 0.6) is 0 Å². The molecule has 0 unspecified atom stereocenters. The van der Waals surface area contributed by atoms with Crippen molar-refractivity contribution in [3.63, 3.8) is 0 Å². The topological polar surface area (TPSA) is 89.6 Å². The van der Waals surface area contributed by atoms with E-state index in [1.54, 1.807) is 6.20 Å². The second kappa shape index (κ2) is 5.77. The number of nitrogens with one attached hydrogen (secondary N) is 1. The van der Waals surface area contributed by atoms with Gasteiger partial charge in [0, 0.05) is 30.5 Å². The summed E-state index contributed by atoms with van der Waals surface area (Å²) < 4.78 is 6.92. The van der Waals surface area contributed by atoms with Crippen molar-refractivity contribution < 1.29 is 4.52 Å². The molecule has 4 rings (SSSR count). The van der Waals surface area contributed by atoms with Gasteiger partial charge in [0.1, 0.15) is 17.4 Å². The summed E-state index contributed by atoms with van der Waals surface area (Å²) in [4.78, 5) is 20.1. The Bertz CT molecular complexity index is 1050. The zero-order valence-corrected chi connectivity index (χ0v) is 13.1. The maximum absolute atomic E-state index is 11.1. The van der Waals surface area contributed by atoms with E-state index in [9.17, 15) is 4.79 Å². The van der Waals surface area contributed by atoms with E-state index in [1.807, 2.05) is 41.9 Å². The zero-order chi connectivity index (χ0) is 16.5. The van der Waals surface area contributed by atoms with Gasteiger partial charge in [-0.3, -0.25) is 9.78 Å². The Morgan fingerprint density at radius 3 is 2.92 bits per heavy atom. The number of aromatic nitrogens is 5. The molecule has 0 aliphatic heterocycles. The Hall–Kier alpha value is -3.22. The monoisotopic (exact) mass is 321 g/mol. The lowest BCUT2D eigenvalue weighted by Gasteiger charge is -2.08. The highest BCUT2D eigenvalue weighted by Gasteiger charge is 2.13. The van der Waals surface area contributed by atoms with Gasteiger partial charge in [-0.2, -0.15) is 10.3 Å². The molecular weight excluding hydrogens is 306 g/mol. The van der Waals surface area contributed by atoms with Gasteiger partial charge in [0.25, 0.3) is 5.56 Å². The Morgan fingerprint density at radius 2 is 2.08 bits per heavy atom. The van der Waals surface area contributed by atoms with E-state index in [-0.39, 0.29) is 5.56 Å². The van der Waals surface area contributed by atoms with E-state index in [2.05, 4.69) is 20.2 Å². The summed E-state index contributed by atoms with van der Waals surface area (Å²) in [5.41, 5.74) is 1.53. The first-order valence-electron chi connectivity index (χ1n) is 7.65. The van der Waals surface area contributed by atoms with Crippen LogP contribution in [0, 0.1) is 6.92 Å². The standard InChI is InChI=1S/C17H15N5O2/c1-11-19-15(8-7-13-10-16(23)21-24-13)22(20-11)14-6-2-4-12-5-3-9-18-17(12)14/h2-6,9-10H,7-8H2,1H3,(H,21,23). The molecule has 0 aliphatic carbocycles. The summed E-state index contributed by atoms with van der Waals surface area (Å²) in [6, 6.07) is 11.3. The predicted molar refractivity (Wildman–Crippen MR) is 88.1 cm³/mol. The molecule has 0 spiro atoms. The smallest absolute Gasteiger partial charge is 0.280 e. The SMILES string of the molecule is Cc1nc(CCc2cc(=O)[nH]o2)n(-c2cccc3cccnc23)n1. The first kappa shape index (κ1) is 14.4. The van der Waals surface area contributed by atoms with Crippen molar-refractivity contribution in [2.24, 2.45) is 0 Å². The molecule has 4 aromatic rings. The van der Waals surface area contributed by atoms with Crippen molar-refractivity contribution >= 4 is 10.9 Å². The highest BCUT2D eigenvalue weighted by atomic mass is 16.5. The van der Waals surface area contributed by atoms with Crippen molar-refractivity contribution in [2.75, 3.05) is 0 Å². The summed E-state index contributed by atoms with van der Waals surface area (Å²) in [6.07, 6.45) is 2.93. The summed E-state index contributed by atoms with van der Waals surface area (Å²) in [5, 5.41) is 7.86. The minimum Gasteiger partial charge on any atom is -0.384 e. The van der Waals surface area contributed by atoms with E-state index in [4.69, 9.17) is 4.52 Å². The third-order valence-corrected chi connectivity index (χ3v) is 3.79. The quantitative estimate of drug-likeness (QED) is 0.622. The van der Waals surface area contributed by atoms with Gasteiger partial charge < -0.3 is 4.52 Å². The van der Waals surface area contributed by atoms with E-state index >= 15 is 0 Å². The maximum Gasteiger partial charge on any atom is 0.280 e. The molecule has 0 saturated heterocycles. The average Bonchev–Trinajstić information content (AvgIpc) is 3.17. The Balaban J connectivity index is 1.74. The van der Waals surface area contributed by atoms with E-state index in [0.717, 1.165) is 22.4 Å². The molecular formula is C17H15N5O2. The number of benzene rings is 1. The third-order valence-electron chi connectivity index (χ3n) is 3.79. The molecule has 0 saturated carbocycles. The average molecular weight is 321 g/mol. The third kappa shape index (κ3) is 2.60. The largest absolute Gasteiger partial charge is 0.384 e. The second-order valence-electron chi connectivity index (χ2n) is 5.52. The maximum atomic E-state index is 11.1. The fourth-order valence-corrected chi connectivity index (χ4v) is 2.75. The van der Waals surface area contributed by atoms with Gasteiger partial charge in [0.05, 0.1) is 11.2 Å². The number of aryl methyl sites for hydroxylation is 3. The molecule has 0 fully saturated rings. The molecule has 0 radical (unpaired) electrons. The van der Waals surface area contributed by atoms with Crippen LogP contribution in [0.1, 0.15) is 17.4 Å². The summed E-state index contributed by atoms with van der Waals surface area (Å²) in [7, 11) is 0. The van der Waals surface area contributed by atoms with Gasteiger partial charge in [0.15, 0.2) is 0 Å². The van der Waals surface area contributed by atoms with E-state index in [0.29, 0.717) is 24.4 Å². The lowest BCUT2D eigenvalue weighted by molar-refractivity contribution is 0.377. The van der Waals surface area contributed by atoms with Crippen molar-refractivity contribution in [2.45, 2.75) is 19.8 Å². The molecule has 3 aromatic heterocycles. The fraction of sp³-hybridized carbons (Fsp3) is 0.176. The number of nitrogens with zero attached hydrogens (tertiary/aromatic N) is 4. The highest BCUT2D eigenvalue weighted by Crippen LogP contribution is 2.21.